The van der Waals surface area contributed by atoms with Gasteiger partial charge in [0.25, 0.3) is 5.91 Å². The number of amides is 1. The molecule has 6 heteroatoms. The van der Waals surface area contributed by atoms with Gasteiger partial charge in [-0.05, 0) is 43.5 Å². The summed E-state index contributed by atoms with van der Waals surface area (Å²) in [5, 5.41) is 2.84. The topological polar surface area (TPSA) is 84.1 Å². The summed E-state index contributed by atoms with van der Waals surface area (Å²) in [6.07, 6.45) is 6.79. The largest absolute Gasteiger partial charge is 0.384 e. The van der Waals surface area contributed by atoms with E-state index in [1.54, 1.807) is 36.7 Å². The van der Waals surface area contributed by atoms with Crippen molar-refractivity contribution in [2.45, 2.75) is 19.3 Å². The van der Waals surface area contributed by atoms with Crippen LogP contribution in [-0.4, -0.2) is 29.0 Å². The van der Waals surface area contributed by atoms with E-state index in [4.69, 9.17) is 5.73 Å². The zero-order valence-corrected chi connectivity index (χ0v) is 12.3. The SMILES string of the molecule is Nc1ccc(NC(=O)c2cccnc2N2CCCCC2)cn1. The van der Waals surface area contributed by atoms with Crippen molar-refractivity contribution in [2.24, 2.45) is 0 Å². The number of anilines is 3. The Morgan fingerprint density at radius 2 is 1.95 bits per heavy atom. The molecule has 0 spiro atoms. The predicted molar refractivity (Wildman–Crippen MR) is 86.9 cm³/mol. The Morgan fingerprint density at radius 1 is 1.14 bits per heavy atom. The minimum absolute atomic E-state index is 0.180. The summed E-state index contributed by atoms with van der Waals surface area (Å²) in [5.41, 5.74) is 6.75. The van der Waals surface area contributed by atoms with Crippen molar-refractivity contribution in [3.05, 3.63) is 42.2 Å². The van der Waals surface area contributed by atoms with Crippen LogP contribution >= 0.6 is 0 Å². The van der Waals surface area contributed by atoms with Crippen molar-refractivity contribution in [1.29, 1.82) is 0 Å². The molecule has 2 aromatic rings. The molecule has 1 fully saturated rings. The number of nitrogens with one attached hydrogen (secondary N) is 1. The van der Waals surface area contributed by atoms with Crippen LogP contribution < -0.4 is 16.0 Å². The molecule has 2 aromatic heterocycles. The number of nitrogens with zero attached hydrogens (tertiary/aromatic N) is 3. The van der Waals surface area contributed by atoms with E-state index in [1.807, 2.05) is 0 Å². The number of piperidine rings is 1. The fraction of sp³-hybridized carbons (Fsp3) is 0.312. The van der Waals surface area contributed by atoms with Crippen LogP contribution in [0.25, 0.3) is 0 Å². The molecule has 0 bridgehead atoms. The molecule has 0 radical (unpaired) electrons. The second kappa shape index (κ2) is 6.43. The first-order chi connectivity index (χ1) is 10.7. The molecular weight excluding hydrogens is 278 g/mol. The summed E-state index contributed by atoms with van der Waals surface area (Å²) in [6, 6.07) is 6.97. The molecule has 0 unspecified atom stereocenters. The van der Waals surface area contributed by atoms with Crippen LogP contribution in [0.5, 0.6) is 0 Å². The van der Waals surface area contributed by atoms with E-state index in [2.05, 4.69) is 20.2 Å². The Bertz CT molecular complexity index is 650. The standard InChI is InChI=1S/C16H19N5O/c17-14-7-6-12(11-19-14)20-16(22)13-5-4-8-18-15(13)21-9-2-1-3-10-21/h4-8,11H,1-3,9-10H2,(H2,17,19)(H,20,22). The van der Waals surface area contributed by atoms with E-state index in [0.29, 0.717) is 17.1 Å². The molecule has 3 heterocycles. The smallest absolute Gasteiger partial charge is 0.259 e. The van der Waals surface area contributed by atoms with Crippen LogP contribution in [0.4, 0.5) is 17.3 Å². The Labute approximate surface area is 129 Å². The molecule has 0 aromatic carbocycles. The highest BCUT2D eigenvalue weighted by atomic mass is 16.1. The molecule has 1 saturated heterocycles. The first-order valence-corrected chi connectivity index (χ1v) is 7.47. The van der Waals surface area contributed by atoms with Crippen molar-refractivity contribution in [3.8, 4) is 0 Å². The summed E-state index contributed by atoms with van der Waals surface area (Å²) >= 11 is 0. The maximum atomic E-state index is 12.5. The lowest BCUT2D eigenvalue weighted by atomic mass is 10.1. The number of hydrogen-bond acceptors (Lipinski definition) is 5. The highest BCUT2D eigenvalue weighted by Crippen LogP contribution is 2.22. The first-order valence-electron chi connectivity index (χ1n) is 7.47. The van der Waals surface area contributed by atoms with E-state index >= 15 is 0 Å². The summed E-state index contributed by atoms with van der Waals surface area (Å²) in [5.74, 6) is 0.997. The van der Waals surface area contributed by atoms with E-state index in [-0.39, 0.29) is 5.91 Å². The number of rotatable bonds is 3. The number of carbonyl (C=O) groups is 1. The second-order valence-corrected chi connectivity index (χ2v) is 5.35. The lowest BCUT2D eigenvalue weighted by molar-refractivity contribution is 0.102. The van der Waals surface area contributed by atoms with Gasteiger partial charge in [0.2, 0.25) is 0 Å². The Hall–Kier alpha value is -2.63. The van der Waals surface area contributed by atoms with Crippen LogP contribution in [0.1, 0.15) is 29.6 Å². The van der Waals surface area contributed by atoms with Gasteiger partial charge in [0.15, 0.2) is 0 Å². The molecular formula is C16H19N5O. The van der Waals surface area contributed by atoms with Crippen molar-refractivity contribution in [2.75, 3.05) is 29.0 Å². The minimum atomic E-state index is -0.180. The normalized spacial score (nSPS) is 14.6. The first kappa shape index (κ1) is 14.3. The lowest BCUT2D eigenvalue weighted by Crippen LogP contribution is -2.32. The molecule has 114 valence electrons. The number of carbonyl (C=O) groups excluding carboxylic acids is 1. The van der Waals surface area contributed by atoms with E-state index < -0.39 is 0 Å². The van der Waals surface area contributed by atoms with Crippen molar-refractivity contribution >= 4 is 23.2 Å². The van der Waals surface area contributed by atoms with Crippen LogP contribution in [0.3, 0.4) is 0 Å². The second-order valence-electron chi connectivity index (χ2n) is 5.35. The number of aromatic nitrogens is 2. The summed E-state index contributed by atoms with van der Waals surface area (Å²) in [6.45, 7) is 1.89. The summed E-state index contributed by atoms with van der Waals surface area (Å²) < 4.78 is 0. The molecule has 22 heavy (non-hydrogen) atoms. The molecule has 0 atom stereocenters. The van der Waals surface area contributed by atoms with Gasteiger partial charge in [0.05, 0.1) is 17.4 Å². The van der Waals surface area contributed by atoms with Gasteiger partial charge in [-0.25, -0.2) is 9.97 Å². The molecule has 1 aliphatic heterocycles. The third-order valence-electron chi connectivity index (χ3n) is 3.73. The maximum Gasteiger partial charge on any atom is 0.259 e. The molecule has 6 nitrogen and oxygen atoms in total. The van der Waals surface area contributed by atoms with Crippen LogP contribution in [0.2, 0.25) is 0 Å². The quantitative estimate of drug-likeness (QED) is 0.908. The van der Waals surface area contributed by atoms with Gasteiger partial charge >= 0.3 is 0 Å². The van der Waals surface area contributed by atoms with Crippen LogP contribution in [0.15, 0.2) is 36.7 Å². The number of hydrogen-bond donors (Lipinski definition) is 2. The molecule has 1 amide bonds. The lowest BCUT2D eigenvalue weighted by Gasteiger charge is -2.29. The van der Waals surface area contributed by atoms with Crippen molar-refractivity contribution < 1.29 is 4.79 Å². The van der Waals surface area contributed by atoms with Gasteiger partial charge in [0, 0.05) is 19.3 Å². The van der Waals surface area contributed by atoms with Crippen molar-refractivity contribution in [3.63, 3.8) is 0 Å². The van der Waals surface area contributed by atoms with Crippen LogP contribution in [-0.2, 0) is 0 Å². The van der Waals surface area contributed by atoms with Gasteiger partial charge in [0.1, 0.15) is 11.6 Å². The molecule has 0 aliphatic carbocycles. The number of pyridine rings is 2. The van der Waals surface area contributed by atoms with Gasteiger partial charge in [-0.1, -0.05) is 0 Å². The highest BCUT2D eigenvalue weighted by molar-refractivity contribution is 6.07. The van der Waals surface area contributed by atoms with Gasteiger partial charge in [-0.3, -0.25) is 4.79 Å². The van der Waals surface area contributed by atoms with Crippen molar-refractivity contribution in [1.82, 2.24) is 9.97 Å². The average Bonchev–Trinajstić information content (AvgIpc) is 2.58. The molecule has 1 aliphatic rings. The highest BCUT2D eigenvalue weighted by Gasteiger charge is 2.19. The minimum Gasteiger partial charge on any atom is -0.384 e. The Balaban J connectivity index is 1.81. The molecule has 3 N–H and O–H groups in total. The van der Waals surface area contributed by atoms with Gasteiger partial charge in [-0.2, -0.15) is 0 Å². The molecule has 0 saturated carbocycles. The zero-order chi connectivity index (χ0) is 15.4. The fourth-order valence-corrected chi connectivity index (χ4v) is 2.61. The molecule has 3 rings (SSSR count). The van der Waals surface area contributed by atoms with E-state index in [9.17, 15) is 4.79 Å². The fourth-order valence-electron chi connectivity index (χ4n) is 2.61. The number of nitrogen functional groups attached to an aromatic ring is 1. The van der Waals surface area contributed by atoms with Gasteiger partial charge in [-0.15, -0.1) is 0 Å². The monoisotopic (exact) mass is 297 g/mol. The van der Waals surface area contributed by atoms with Crippen LogP contribution in [0, 0.1) is 0 Å². The third kappa shape index (κ3) is 3.16. The van der Waals surface area contributed by atoms with Gasteiger partial charge < -0.3 is 16.0 Å². The zero-order valence-electron chi connectivity index (χ0n) is 12.3. The average molecular weight is 297 g/mol. The maximum absolute atomic E-state index is 12.5. The third-order valence-corrected chi connectivity index (χ3v) is 3.73. The number of nitrogens with two attached hydrogens (primary N) is 1. The summed E-state index contributed by atoms with van der Waals surface area (Å²) in [4.78, 5) is 23.1. The van der Waals surface area contributed by atoms with E-state index in [1.165, 1.54) is 6.42 Å². The predicted octanol–water partition coefficient (Wildman–Crippen LogP) is 2.30. The summed E-state index contributed by atoms with van der Waals surface area (Å²) in [7, 11) is 0. The Kier molecular flexibility index (Phi) is 4.18. The Morgan fingerprint density at radius 3 is 2.68 bits per heavy atom. The van der Waals surface area contributed by atoms with E-state index in [0.717, 1.165) is 31.7 Å².